The van der Waals surface area contributed by atoms with E-state index >= 15 is 0 Å². The molecular weight excluding hydrogens is 346 g/mol. The summed E-state index contributed by atoms with van der Waals surface area (Å²) in [7, 11) is 0. The minimum Gasteiger partial charge on any atom is -0.314 e. The molecule has 1 heterocycles. The fourth-order valence-corrected chi connectivity index (χ4v) is 0.383. The van der Waals surface area contributed by atoms with E-state index in [1.54, 1.807) is 0 Å². The molecule has 0 fully saturated rings. The van der Waals surface area contributed by atoms with Gasteiger partial charge in [-0.05, 0) is 0 Å². The SMILES string of the molecule is O=c1cc[nH]c(=O)[nH]1.[U]. The van der Waals surface area contributed by atoms with Crippen molar-refractivity contribution in [1.82, 2.24) is 9.97 Å². The van der Waals surface area contributed by atoms with Crippen molar-refractivity contribution >= 4 is 0 Å². The van der Waals surface area contributed by atoms with Gasteiger partial charge < -0.3 is 4.98 Å². The molecule has 4 nitrogen and oxygen atoms in total. The van der Waals surface area contributed by atoms with Crippen LogP contribution < -0.4 is 11.2 Å². The average molecular weight is 350 g/mol. The Kier molecular flexibility index (Phi) is 3.59. The first-order chi connectivity index (χ1) is 3.79. The van der Waals surface area contributed by atoms with Gasteiger partial charge in [0, 0.05) is 43.4 Å². The van der Waals surface area contributed by atoms with Crippen molar-refractivity contribution in [3.05, 3.63) is 33.1 Å². The number of nitrogens with one attached hydrogen (secondary N) is 2. The van der Waals surface area contributed by atoms with E-state index in [-0.39, 0.29) is 36.7 Å². The topological polar surface area (TPSA) is 65.7 Å². The molecule has 0 amide bonds. The maximum absolute atomic E-state index is 10.2. The van der Waals surface area contributed by atoms with Crippen molar-refractivity contribution in [2.24, 2.45) is 0 Å². The van der Waals surface area contributed by atoms with Crippen LogP contribution >= 0.6 is 0 Å². The van der Waals surface area contributed by atoms with Crippen molar-refractivity contribution in [3.8, 4) is 0 Å². The summed E-state index contributed by atoms with van der Waals surface area (Å²) in [6.07, 6.45) is 1.29. The summed E-state index contributed by atoms with van der Waals surface area (Å²) in [5.41, 5.74) is -0.855. The predicted molar refractivity (Wildman–Crippen MR) is 27.7 cm³/mol. The zero-order valence-corrected chi connectivity index (χ0v) is 8.63. The molecule has 1 rings (SSSR count). The molecular formula is C4H4N2O2U. The summed E-state index contributed by atoms with van der Waals surface area (Å²) >= 11 is 0. The van der Waals surface area contributed by atoms with E-state index in [1.165, 1.54) is 12.3 Å². The van der Waals surface area contributed by atoms with Crippen LogP contribution in [0, 0.1) is 31.1 Å². The molecule has 1 aromatic rings. The standard InChI is InChI=1S/C4H4N2O2.U/c7-3-1-2-5-4(8)6-3;/h1-2H,(H2,5,6,7,8);. The first kappa shape index (κ1) is 8.73. The second-order valence-electron chi connectivity index (χ2n) is 1.30. The van der Waals surface area contributed by atoms with Gasteiger partial charge in [0.1, 0.15) is 0 Å². The number of H-pyrrole nitrogens is 2. The second-order valence-corrected chi connectivity index (χ2v) is 1.30. The van der Waals surface area contributed by atoms with Crippen molar-refractivity contribution in [1.29, 1.82) is 0 Å². The number of aromatic amines is 2. The molecule has 0 aliphatic rings. The van der Waals surface area contributed by atoms with Crippen LogP contribution in [0.4, 0.5) is 0 Å². The normalized spacial score (nSPS) is 8.00. The van der Waals surface area contributed by atoms with Crippen LogP contribution in [-0.2, 0) is 0 Å². The van der Waals surface area contributed by atoms with Crippen molar-refractivity contribution in [2.45, 2.75) is 0 Å². The maximum Gasteiger partial charge on any atom is 0.325 e. The third-order valence-electron chi connectivity index (χ3n) is 0.686. The van der Waals surface area contributed by atoms with Gasteiger partial charge in [-0.3, -0.25) is 9.78 Å². The minimum atomic E-state index is -0.475. The van der Waals surface area contributed by atoms with Gasteiger partial charge in [-0.25, -0.2) is 4.79 Å². The molecule has 2 N–H and O–H groups in total. The van der Waals surface area contributed by atoms with Gasteiger partial charge in [0.05, 0.1) is 0 Å². The molecule has 0 saturated carbocycles. The van der Waals surface area contributed by atoms with Crippen LogP contribution in [0.25, 0.3) is 0 Å². The molecule has 0 saturated heterocycles. The molecule has 0 radical (unpaired) electrons. The third kappa shape index (κ3) is 2.68. The second kappa shape index (κ2) is 3.70. The van der Waals surface area contributed by atoms with Crippen LogP contribution in [0.3, 0.4) is 0 Å². The van der Waals surface area contributed by atoms with Gasteiger partial charge in [-0.15, -0.1) is 0 Å². The summed E-state index contributed by atoms with van der Waals surface area (Å²) in [5, 5.41) is 0. The number of hydrogen-bond donors (Lipinski definition) is 2. The summed E-state index contributed by atoms with van der Waals surface area (Å²) in [5.74, 6) is 0. The summed E-state index contributed by atoms with van der Waals surface area (Å²) in [4.78, 5) is 24.7. The van der Waals surface area contributed by atoms with Crippen LogP contribution in [0.1, 0.15) is 0 Å². The Morgan fingerprint density at radius 1 is 1.33 bits per heavy atom. The number of rotatable bonds is 0. The Hall–Kier alpha value is -0.268. The predicted octanol–water partition coefficient (Wildman–Crippen LogP) is -0.937. The molecule has 0 atom stereocenters. The van der Waals surface area contributed by atoms with Crippen molar-refractivity contribution in [2.75, 3.05) is 0 Å². The molecule has 5 heteroatoms. The van der Waals surface area contributed by atoms with E-state index in [9.17, 15) is 9.59 Å². The molecule has 9 heavy (non-hydrogen) atoms. The van der Waals surface area contributed by atoms with E-state index in [2.05, 4.69) is 4.98 Å². The third-order valence-corrected chi connectivity index (χ3v) is 0.686. The fourth-order valence-electron chi connectivity index (χ4n) is 0.383. The summed E-state index contributed by atoms with van der Waals surface area (Å²) in [6, 6.07) is 1.24. The molecule has 0 unspecified atom stereocenters. The first-order valence-corrected chi connectivity index (χ1v) is 2.07. The van der Waals surface area contributed by atoms with Crippen LogP contribution in [0.2, 0.25) is 0 Å². The van der Waals surface area contributed by atoms with Gasteiger partial charge in [0.15, 0.2) is 0 Å². The fraction of sp³-hybridized carbons (Fsp3) is 0. The van der Waals surface area contributed by atoms with Crippen LogP contribution in [0.15, 0.2) is 21.9 Å². The molecule has 46 valence electrons. The van der Waals surface area contributed by atoms with Gasteiger partial charge in [0.2, 0.25) is 0 Å². The molecule has 1 aromatic heterocycles. The number of aromatic nitrogens is 2. The smallest absolute Gasteiger partial charge is 0.314 e. The van der Waals surface area contributed by atoms with Gasteiger partial charge in [-0.1, -0.05) is 0 Å². The first-order valence-electron chi connectivity index (χ1n) is 2.07. The van der Waals surface area contributed by atoms with E-state index in [1.807, 2.05) is 4.98 Å². The Labute approximate surface area is 74.1 Å². The Morgan fingerprint density at radius 2 is 2.00 bits per heavy atom. The van der Waals surface area contributed by atoms with E-state index < -0.39 is 5.69 Å². The number of hydrogen-bond acceptors (Lipinski definition) is 2. The molecule has 0 aliphatic carbocycles. The minimum absolute atomic E-state index is 0. The molecule has 0 spiro atoms. The van der Waals surface area contributed by atoms with Crippen LogP contribution in [-0.4, -0.2) is 9.97 Å². The molecule has 0 bridgehead atoms. The molecule has 0 aliphatic heterocycles. The molecule has 0 aromatic carbocycles. The monoisotopic (exact) mass is 350 g/mol. The van der Waals surface area contributed by atoms with Crippen LogP contribution in [0.5, 0.6) is 0 Å². The zero-order valence-electron chi connectivity index (χ0n) is 4.47. The van der Waals surface area contributed by atoms with Gasteiger partial charge in [0.25, 0.3) is 5.56 Å². The summed E-state index contributed by atoms with van der Waals surface area (Å²) in [6.45, 7) is 0. The average Bonchev–Trinajstić information content (AvgIpc) is 1.64. The summed E-state index contributed by atoms with van der Waals surface area (Å²) < 4.78 is 0. The quantitative estimate of drug-likeness (QED) is 0.635. The Balaban J connectivity index is 0.000000640. The Morgan fingerprint density at radius 3 is 2.33 bits per heavy atom. The van der Waals surface area contributed by atoms with E-state index in [0.717, 1.165) is 0 Å². The van der Waals surface area contributed by atoms with Crippen molar-refractivity contribution < 1.29 is 31.1 Å². The largest absolute Gasteiger partial charge is 0.325 e. The van der Waals surface area contributed by atoms with E-state index in [4.69, 9.17) is 0 Å². The van der Waals surface area contributed by atoms with Gasteiger partial charge >= 0.3 is 5.69 Å². The van der Waals surface area contributed by atoms with E-state index in [0.29, 0.717) is 0 Å². The Bertz CT molecular complexity index is 251. The van der Waals surface area contributed by atoms with Gasteiger partial charge in [-0.2, -0.15) is 0 Å². The maximum atomic E-state index is 10.2. The zero-order chi connectivity index (χ0) is 5.98. The van der Waals surface area contributed by atoms with Crippen molar-refractivity contribution in [3.63, 3.8) is 0 Å².